The molecule has 4 heteroatoms. The Labute approximate surface area is 156 Å². The molecular formula is C22H17ClN2O. The minimum absolute atomic E-state index is 0.0561. The number of carbonyl (C=O) groups excluding carboxylic acids is 1. The summed E-state index contributed by atoms with van der Waals surface area (Å²) in [5, 5.41) is 3.79. The number of benzene rings is 3. The summed E-state index contributed by atoms with van der Waals surface area (Å²) in [4.78, 5) is 19.3. The van der Waals surface area contributed by atoms with Gasteiger partial charge in [0.15, 0.2) is 0 Å². The quantitative estimate of drug-likeness (QED) is 0.463. The summed E-state index contributed by atoms with van der Waals surface area (Å²) in [5.41, 5.74) is 2.34. The van der Waals surface area contributed by atoms with Crippen molar-refractivity contribution in [1.29, 1.82) is 0 Å². The van der Waals surface area contributed by atoms with E-state index < -0.39 is 0 Å². The Morgan fingerprint density at radius 1 is 1.00 bits per heavy atom. The lowest BCUT2D eigenvalue weighted by molar-refractivity contribution is 0.0787. The maximum Gasteiger partial charge on any atom is 0.256 e. The van der Waals surface area contributed by atoms with Crippen molar-refractivity contribution in [3.05, 3.63) is 89.1 Å². The lowest BCUT2D eigenvalue weighted by atomic mass is 10.00. The molecule has 0 fully saturated rings. The van der Waals surface area contributed by atoms with E-state index in [1.807, 2.05) is 60.7 Å². The summed E-state index contributed by atoms with van der Waals surface area (Å²) in [6.45, 7) is 0.487. The van der Waals surface area contributed by atoms with E-state index in [0.717, 1.165) is 27.2 Å². The van der Waals surface area contributed by atoms with Crippen molar-refractivity contribution >= 4 is 39.2 Å². The van der Waals surface area contributed by atoms with Crippen LogP contribution in [0.1, 0.15) is 15.9 Å². The Morgan fingerprint density at radius 2 is 1.81 bits per heavy atom. The lowest BCUT2D eigenvalue weighted by Gasteiger charge is -2.19. The minimum atomic E-state index is -0.0561. The normalized spacial score (nSPS) is 11.0. The van der Waals surface area contributed by atoms with Crippen molar-refractivity contribution in [3.8, 4) is 0 Å². The fourth-order valence-electron chi connectivity index (χ4n) is 3.28. The zero-order valence-electron chi connectivity index (χ0n) is 14.3. The van der Waals surface area contributed by atoms with Gasteiger partial charge in [-0.1, -0.05) is 54.1 Å². The van der Waals surface area contributed by atoms with Crippen molar-refractivity contribution in [2.75, 3.05) is 7.05 Å². The summed E-state index contributed by atoms with van der Waals surface area (Å²) in [5.74, 6) is -0.0561. The Morgan fingerprint density at radius 3 is 2.65 bits per heavy atom. The second-order valence-corrected chi connectivity index (χ2v) is 6.77. The first-order valence-electron chi connectivity index (χ1n) is 8.40. The highest BCUT2D eigenvalue weighted by Crippen LogP contribution is 2.28. The minimum Gasteiger partial charge on any atom is -0.337 e. The Kier molecular flexibility index (Phi) is 4.31. The molecule has 0 saturated heterocycles. The Bertz CT molecular complexity index is 1120. The van der Waals surface area contributed by atoms with E-state index in [0.29, 0.717) is 17.1 Å². The van der Waals surface area contributed by atoms with Crippen LogP contribution >= 0.6 is 11.6 Å². The van der Waals surface area contributed by atoms with Gasteiger partial charge in [-0.25, -0.2) is 0 Å². The number of pyridine rings is 1. The summed E-state index contributed by atoms with van der Waals surface area (Å²) in [7, 11) is 1.80. The van der Waals surface area contributed by atoms with Crippen LogP contribution in [0, 0.1) is 0 Å². The molecule has 0 saturated carbocycles. The van der Waals surface area contributed by atoms with Gasteiger partial charge in [-0.2, -0.15) is 0 Å². The van der Waals surface area contributed by atoms with Crippen LogP contribution < -0.4 is 0 Å². The Balaban J connectivity index is 1.78. The van der Waals surface area contributed by atoms with Gasteiger partial charge in [0, 0.05) is 30.2 Å². The number of carbonyl (C=O) groups is 1. The van der Waals surface area contributed by atoms with E-state index in [2.05, 4.69) is 11.1 Å². The molecule has 0 unspecified atom stereocenters. The summed E-state index contributed by atoms with van der Waals surface area (Å²) < 4.78 is 0. The Hall–Kier alpha value is -2.91. The largest absolute Gasteiger partial charge is 0.337 e. The number of aromatic nitrogens is 1. The van der Waals surface area contributed by atoms with Gasteiger partial charge in [0.05, 0.1) is 11.1 Å². The van der Waals surface area contributed by atoms with Crippen molar-refractivity contribution in [1.82, 2.24) is 9.88 Å². The molecule has 26 heavy (non-hydrogen) atoms. The smallest absolute Gasteiger partial charge is 0.256 e. The zero-order valence-corrected chi connectivity index (χ0v) is 15.1. The van der Waals surface area contributed by atoms with E-state index >= 15 is 0 Å². The first-order valence-corrected chi connectivity index (χ1v) is 8.77. The lowest BCUT2D eigenvalue weighted by Crippen LogP contribution is -2.26. The molecule has 3 nitrogen and oxygen atoms in total. The second kappa shape index (κ2) is 6.77. The number of halogens is 1. The van der Waals surface area contributed by atoms with E-state index in [9.17, 15) is 4.79 Å². The van der Waals surface area contributed by atoms with Crippen LogP contribution in [0.25, 0.3) is 21.7 Å². The molecule has 0 aliphatic rings. The number of nitrogens with zero attached hydrogens (tertiary/aromatic N) is 2. The van der Waals surface area contributed by atoms with Gasteiger partial charge in [0.25, 0.3) is 5.91 Å². The van der Waals surface area contributed by atoms with Gasteiger partial charge in [0.2, 0.25) is 0 Å². The number of amides is 1. The van der Waals surface area contributed by atoms with Crippen LogP contribution in [0.15, 0.2) is 72.9 Å². The highest BCUT2D eigenvalue weighted by Gasteiger charge is 2.18. The van der Waals surface area contributed by atoms with Crippen molar-refractivity contribution in [2.24, 2.45) is 0 Å². The van der Waals surface area contributed by atoms with Gasteiger partial charge in [-0.3, -0.25) is 9.78 Å². The molecule has 3 aromatic carbocycles. The summed E-state index contributed by atoms with van der Waals surface area (Å²) in [6.07, 6.45) is 1.73. The molecule has 0 N–H and O–H groups in total. The molecule has 1 heterocycles. The molecule has 0 atom stereocenters. The SMILES string of the molecule is CN(Cc1cccc(Cl)c1)C(=O)c1cc2ccccc2c2cccnc12. The van der Waals surface area contributed by atoms with Crippen LogP contribution in [0.5, 0.6) is 0 Å². The number of fused-ring (bicyclic) bond motifs is 3. The number of rotatable bonds is 3. The standard InChI is InChI=1S/C22H17ClN2O/c1-25(14-15-6-4-8-17(23)12-15)22(26)20-13-16-7-2-3-9-18(16)19-10-5-11-24-21(19)20/h2-13H,14H2,1H3. The van der Waals surface area contributed by atoms with Crippen LogP contribution in [-0.4, -0.2) is 22.8 Å². The molecule has 0 aliphatic carbocycles. The maximum atomic E-state index is 13.1. The predicted molar refractivity (Wildman–Crippen MR) is 106 cm³/mol. The first kappa shape index (κ1) is 16.6. The van der Waals surface area contributed by atoms with Crippen LogP contribution in [0.2, 0.25) is 5.02 Å². The van der Waals surface area contributed by atoms with E-state index in [-0.39, 0.29) is 5.91 Å². The fraction of sp³-hybridized carbons (Fsp3) is 0.0909. The van der Waals surface area contributed by atoms with Crippen molar-refractivity contribution in [2.45, 2.75) is 6.54 Å². The van der Waals surface area contributed by atoms with Gasteiger partial charge in [-0.05, 0) is 40.6 Å². The van der Waals surface area contributed by atoms with Crippen molar-refractivity contribution < 1.29 is 4.79 Å². The van der Waals surface area contributed by atoms with Gasteiger partial charge in [0.1, 0.15) is 0 Å². The molecule has 0 bridgehead atoms. The topological polar surface area (TPSA) is 33.2 Å². The first-order chi connectivity index (χ1) is 12.6. The summed E-state index contributed by atoms with van der Waals surface area (Å²) >= 11 is 6.05. The second-order valence-electron chi connectivity index (χ2n) is 6.34. The number of hydrogen-bond donors (Lipinski definition) is 0. The highest BCUT2D eigenvalue weighted by atomic mass is 35.5. The molecule has 128 valence electrons. The van der Waals surface area contributed by atoms with E-state index in [1.165, 1.54) is 0 Å². The van der Waals surface area contributed by atoms with Crippen LogP contribution in [0.3, 0.4) is 0 Å². The molecular weight excluding hydrogens is 344 g/mol. The molecule has 4 aromatic rings. The molecule has 0 aliphatic heterocycles. The molecule has 1 aromatic heterocycles. The average Bonchev–Trinajstić information content (AvgIpc) is 2.67. The number of hydrogen-bond acceptors (Lipinski definition) is 2. The molecule has 0 spiro atoms. The van der Waals surface area contributed by atoms with E-state index in [4.69, 9.17) is 11.6 Å². The van der Waals surface area contributed by atoms with Gasteiger partial charge in [-0.15, -0.1) is 0 Å². The monoisotopic (exact) mass is 360 g/mol. The van der Waals surface area contributed by atoms with Crippen LogP contribution in [0.4, 0.5) is 0 Å². The molecule has 0 radical (unpaired) electrons. The van der Waals surface area contributed by atoms with Gasteiger partial charge < -0.3 is 4.90 Å². The zero-order chi connectivity index (χ0) is 18.1. The predicted octanol–water partition coefficient (Wildman–Crippen LogP) is 5.31. The van der Waals surface area contributed by atoms with Crippen LogP contribution in [-0.2, 0) is 6.54 Å². The fourth-order valence-corrected chi connectivity index (χ4v) is 3.49. The third-order valence-electron chi connectivity index (χ3n) is 4.50. The van der Waals surface area contributed by atoms with Crippen molar-refractivity contribution in [3.63, 3.8) is 0 Å². The molecule has 4 rings (SSSR count). The maximum absolute atomic E-state index is 13.1. The summed E-state index contributed by atoms with van der Waals surface area (Å²) in [6, 6.07) is 21.5. The average molecular weight is 361 g/mol. The molecule has 1 amide bonds. The van der Waals surface area contributed by atoms with E-state index in [1.54, 1.807) is 18.1 Å². The third-order valence-corrected chi connectivity index (χ3v) is 4.73. The highest BCUT2D eigenvalue weighted by molar-refractivity contribution is 6.30. The third kappa shape index (κ3) is 3.02. The van der Waals surface area contributed by atoms with Gasteiger partial charge >= 0.3 is 0 Å².